The van der Waals surface area contributed by atoms with E-state index in [1.165, 1.54) is 6.07 Å². The molecular weight excluding hydrogens is 465 g/mol. The fourth-order valence-electron chi connectivity index (χ4n) is 4.19. The van der Waals surface area contributed by atoms with Crippen LogP contribution in [0, 0.1) is 19.3 Å². The predicted molar refractivity (Wildman–Crippen MR) is 150 cm³/mol. The van der Waals surface area contributed by atoms with Gasteiger partial charge in [0.15, 0.2) is 11.5 Å². The van der Waals surface area contributed by atoms with Gasteiger partial charge in [-0.25, -0.2) is 9.37 Å². The third-order valence-corrected chi connectivity index (χ3v) is 6.14. The molecule has 0 aromatic carbocycles. The van der Waals surface area contributed by atoms with E-state index in [1.807, 2.05) is 53.0 Å². The summed E-state index contributed by atoms with van der Waals surface area (Å²) in [5.74, 6) is -0.539. The van der Waals surface area contributed by atoms with Crippen LogP contribution in [-0.4, -0.2) is 68.8 Å². The zero-order valence-corrected chi connectivity index (χ0v) is 22.7. The first-order chi connectivity index (χ1) is 17.9. The lowest BCUT2D eigenvalue weighted by Gasteiger charge is -2.38. The van der Waals surface area contributed by atoms with E-state index in [1.54, 1.807) is 27.8 Å². The van der Waals surface area contributed by atoms with E-state index in [9.17, 15) is 9.18 Å². The summed E-state index contributed by atoms with van der Waals surface area (Å²) in [5.41, 5.74) is 5.97. The first kappa shape index (κ1) is 29.6. The normalized spacial score (nSPS) is 17.7. The molecule has 1 amide bonds. The van der Waals surface area contributed by atoms with Gasteiger partial charge in [-0.3, -0.25) is 9.69 Å². The number of aromatic nitrogens is 2. The number of pyridine rings is 1. The van der Waals surface area contributed by atoms with E-state index >= 15 is 0 Å². The van der Waals surface area contributed by atoms with Crippen molar-refractivity contribution in [1.29, 1.82) is 0 Å². The molecule has 2 aromatic heterocycles. The van der Waals surface area contributed by atoms with Crippen LogP contribution < -0.4 is 0 Å². The van der Waals surface area contributed by atoms with Crippen molar-refractivity contribution in [3.8, 4) is 0 Å². The predicted octanol–water partition coefficient (Wildman–Crippen LogP) is 5.40. The lowest BCUT2D eigenvalue weighted by atomic mass is 10.1. The molecule has 197 valence electrons. The summed E-state index contributed by atoms with van der Waals surface area (Å²) in [4.78, 5) is 23.7. The fraction of sp³-hybridized carbons (Fsp3) is 0.367. The summed E-state index contributed by atoms with van der Waals surface area (Å²) in [7, 11) is 0. The summed E-state index contributed by atoms with van der Waals surface area (Å²) in [6, 6.07) is 1.37. The van der Waals surface area contributed by atoms with E-state index in [0.717, 1.165) is 44.1 Å². The van der Waals surface area contributed by atoms with Gasteiger partial charge in [-0.2, -0.15) is 0 Å². The Bertz CT molecular complexity index is 1210. The highest BCUT2D eigenvalue weighted by Gasteiger charge is 2.23. The average molecular weight is 505 g/mol. The number of piperazine rings is 1. The number of carbonyl (C=O) groups excluding carboxylic acids is 1. The van der Waals surface area contributed by atoms with E-state index in [0.29, 0.717) is 11.1 Å². The Labute approximate surface area is 221 Å². The molecule has 1 fully saturated rings. The molecule has 1 unspecified atom stereocenters. The number of aryl methyl sites for hydroxylation is 1. The molecule has 0 saturated carbocycles. The lowest BCUT2D eigenvalue weighted by Crippen LogP contribution is -2.46. The first-order valence-corrected chi connectivity index (χ1v) is 12.7. The SMILES string of the molecule is C=C.CC.[CH]=C=CCN1CCN(C2=CN(C(=O)/C=C(\C)c3cc(F)c4nc(C)cn4c3)C(C)C=C2)CC1. The number of amides is 1. The van der Waals surface area contributed by atoms with Crippen molar-refractivity contribution in [2.75, 3.05) is 32.7 Å². The third-order valence-electron chi connectivity index (χ3n) is 6.14. The molecule has 7 heteroatoms. The van der Waals surface area contributed by atoms with Gasteiger partial charge in [-0.05, 0) is 56.7 Å². The molecule has 4 rings (SSSR count). The molecular formula is C30H39FN5O. The molecule has 4 heterocycles. The number of rotatable bonds is 5. The zero-order chi connectivity index (χ0) is 27.5. The molecule has 0 N–H and O–H groups in total. The molecule has 0 spiro atoms. The molecule has 2 aliphatic rings. The highest BCUT2D eigenvalue weighted by Crippen LogP contribution is 2.22. The second kappa shape index (κ2) is 14.2. The van der Waals surface area contributed by atoms with Crippen molar-refractivity contribution >= 4 is 17.1 Å². The summed E-state index contributed by atoms with van der Waals surface area (Å²) in [6.07, 6.45) is 13.0. The highest BCUT2D eigenvalue weighted by atomic mass is 19.1. The molecule has 1 radical (unpaired) electrons. The molecule has 0 bridgehead atoms. The summed E-state index contributed by atoms with van der Waals surface area (Å²) in [6.45, 7) is 25.4. The van der Waals surface area contributed by atoms with E-state index in [2.05, 4.69) is 39.7 Å². The molecule has 1 saturated heterocycles. The maximum Gasteiger partial charge on any atom is 0.251 e. The van der Waals surface area contributed by atoms with Crippen LogP contribution in [0.15, 0.2) is 73.6 Å². The largest absolute Gasteiger partial charge is 0.368 e. The van der Waals surface area contributed by atoms with Gasteiger partial charge in [-0.1, -0.05) is 19.9 Å². The topological polar surface area (TPSA) is 44.1 Å². The smallest absolute Gasteiger partial charge is 0.251 e. The first-order valence-electron chi connectivity index (χ1n) is 12.7. The average Bonchev–Trinajstić information content (AvgIpc) is 3.31. The van der Waals surface area contributed by atoms with Crippen LogP contribution in [0.1, 0.15) is 39.0 Å². The molecule has 0 aliphatic carbocycles. The number of fused-ring (bicyclic) bond motifs is 1. The van der Waals surface area contributed by atoms with Crippen LogP contribution in [0.5, 0.6) is 0 Å². The van der Waals surface area contributed by atoms with Crippen molar-refractivity contribution in [1.82, 2.24) is 24.1 Å². The van der Waals surface area contributed by atoms with Gasteiger partial charge in [0.2, 0.25) is 0 Å². The number of halogens is 1. The van der Waals surface area contributed by atoms with Crippen LogP contribution in [-0.2, 0) is 4.79 Å². The van der Waals surface area contributed by atoms with Crippen LogP contribution in [0.3, 0.4) is 0 Å². The Morgan fingerprint density at radius 3 is 2.57 bits per heavy atom. The van der Waals surface area contributed by atoms with Gasteiger partial charge in [0.05, 0.1) is 17.4 Å². The van der Waals surface area contributed by atoms with Gasteiger partial charge in [0, 0.05) is 57.4 Å². The van der Waals surface area contributed by atoms with Crippen molar-refractivity contribution in [2.24, 2.45) is 0 Å². The Morgan fingerprint density at radius 2 is 1.92 bits per heavy atom. The van der Waals surface area contributed by atoms with Gasteiger partial charge < -0.3 is 14.2 Å². The second-order valence-electron chi connectivity index (χ2n) is 8.57. The zero-order valence-electron chi connectivity index (χ0n) is 22.7. The quantitative estimate of drug-likeness (QED) is 0.311. The minimum atomic E-state index is -0.406. The Kier molecular flexibility index (Phi) is 11.3. The van der Waals surface area contributed by atoms with E-state index < -0.39 is 5.82 Å². The number of hydrogen-bond donors (Lipinski definition) is 0. The van der Waals surface area contributed by atoms with Gasteiger partial charge in [0.1, 0.15) is 0 Å². The Morgan fingerprint density at radius 1 is 1.24 bits per heavy atom. The fourth-order valence-corrected chi connectivity index (χ4v) is 4.19. The molecule has 1 atom stereocenters. The monoisotopic (exact) mass is 504 g/mol. The number of nitrogens with zero attached hydrogens (tertiary/aromatic N) is 5. The van der Waals surface area contributed by atoms with Crippen LogP contribution in [0.4, 0.5) is 4.39 Å². The minimum absolute atomic E-state index is 0.0627. The molecule has 6 nitrogen and oxygen atoms in total. The lowest BCUT2D eigenvalue weighted by molar-refractivity contribution is -0.124. The number of hydrogen-bond acceptors (Lipinski definition) is 4. The molecule has 2 aliphatic heterocycles. The van der Waals surface area contributed by atoms with Crippen LogP contribution in [0.25, 0.3) is 11.2 Å². The van der Waals surface area contributed by atoms with Gasteiger partial charge in [-0.15, -0.1) is 18.9 Å². The molecule has 2 aromatic rings. The second-order valence-corrected chi connectivity index (χ2v) is 8.57. The van der Waals surface area contributed by atoms with Crippen molar-refractivity contribution in [3.05, 3.63) is 97.2 Å². The van der Waals surface area contributed by atoms with Crippen LogP contribution in [0.2, 0.25) is 0 Å². The standard InChI is InChI=1S/C26H29FN5O.C2H6.C2H4/c1-5-6-9-29-10-12-30(13-11-29)23-8-7-21(4)32(18-23)25(33)14-19(2)22-15-24(27)26-28-20(3)16-31(26)17-22;2*1-2/h1,6-8,14-18,21H,9-13H2,2-4H3;1-2H3;1-2H2/b19-14+;;. The summed E-state index contributed by atoms with van der Waals surface area (Å²) < 4.78 is 16.1. The number of imidazole rings is 1. The number of allylic oxidation sites excluding steroid dienone is 2. The minimum Gasteiger partial charge on any atom is -0.368 e. The van der Waals surface area contributed by atoms with Crippen LogP contribution >= 0.6 is 0 Å². The van der Waals surface area contributed by atoms with Gasteiger partial charge >= 0.3 is 0 Å². The maximum atomic E-state index is 14.5. The summed E-state index contributed by atoms with van der Waals surface area (Å²) in [5, 5.41) is 0. The Hall–Kier alpha value is -3.67. The Balaban J connectivity index is 0.00000115. The molecule has 37 heavy (non-hydrogen) atoms. The van der Waals surface area contributed by atoms with E-state index in [4.69, 9.17) is 6.58 Å². The van der Waals surface area contributed by atoms with Crippen molar-refractivity contribution in [3.63, 3.8) is 0 Å². The highest BCUT2D eigenvalue weighted by molar-refractivity contribution is 5.96. The number of carbonyl (C=O) groups is 1. The third kappa shape index (κ3) is 7.42. The van der Waals surface area contributed by atoms with Crippen molar-refractivity contribution < 1.29 is 9.18 Å². The maximum absolute atomic E-state index is 14.5. The van der Waals surface area contributed by atoms with E-state index in [-0.39, 0.29) is 17.6 Å². The van der Waals surface area contributed by atoms with Gasteiger partial charge in [0.25, 0.3) is 5.91 Å². The summed E-state index contributed by atoms with van der Waals surface area (Å²) >= 11 is 0. The van der Waals surface area contributed by atoms with Crippen molar-refractivity contribution in [2.45, 2.75) is 40.7 Å².